The minimum atomic E-state index is -4.73. The van der Waals surface area contributed by atoms with E-state index in [1.54, 1.807) is 24.8 Å². The van der Waals surface area contributed by atoms with Gasteiger partial charge in [-0.15, -0.1) is 10.2 Å². The molecule has 0 unspecified atom stereocenters. The SMILES string of the molecule is COCCOCCNCc1cc(C(F)(F)F)c2oc(-c3c(F)ccc(-c4ccccc4)c3-c3nncn3C)nc2c1. The number of nitrogens with zero attached hydrogens (tertiary/aromatic N) is 4. The monoisotopic (exact) mass is 569 g/mol. The molecule has 214 valence electrons. The molecule has 0 atom stereocenters. The van der Waals surface area contributed by atoms with Crippen molar-refractivity contribution in [1.29, 1.82) is 0 Å². The first-order valence-corrected chi connectivity index (χ1v) is 12.8. The zero-order valence-electron chi connectivity index (χ0n) is 22.3. The Labute approximate surface area is 232 Å². The van der Waals surface area contributed by atoms with Crippen LogP contribution in [-0.4, -0.2) is 53.2 Å². The normalized spacial score (nSPS) is 12.0. The van der Waals surface area contributed by atoms with Crippen LogP contribution in [0, 0.1) is 5.82 Å². The van der Waals surface area contributed by atoms with Crippen molar-refractivity contribution in [2.75, 3.05) is 33.5 Å². The lowest BCUT2D eigenvalue weighted by atomic mass is 9.94. The molecule has 2 aromatic heterocycles. The van der Waals surface area contributed by atoms with Gasteiger partial charge in [-0.3, -0.25) is 0 Å². The van der Waals surface area contributed by atoms with Crippen molar-refractivity contribution in [3.05, 3.63) is 77.9 Å². The van der Waals surface area contributed by atoms with Crippen molar-refractivity contribution in [2.24, 2.45) is 7.05 Å². The van der Waals surface area contributed by atoms with Gasteiger partial charge in [-0.1, -0.05) is 36.4 Å². The Balaban J connectivity index is 1.59. The zero-order valence-corrected chi connectivity index (χ0v) is 22.3. The number of hydrogen-bond acceptors (Lipinski definition) is 7. The van der Waals surface area contributed by atoms with Gasteiger partial charge in [-0.25, -0.2) is 9.37 Å². The molecular weight excluding hydrogens is 542 g/mol. The molecule has 0 aliphatic carbocycles. The first-order valence-electron chi connectivity index (χ1n) is 12.8. The second-order valence-corrected chi connectivity index (χ2v) is 9.27. The van der Waals surface area contributed by atoms with Crippen LogP contribution in [0.1, 0.15) is 11.1 Å². The number of alkyl halides is 3. The van der Waals surface area contributed by atoms with E-state index >= 15 is 4.39 Å². The topological polar surface area (TPSA) is 87.2 Å². The summed E-state index contributed by atoms with van der Waals surface area (Å²) < 4.78 is 75.7. The molecule has 0 aliphatic rings. The van der Waals surface area contributed by atoms with Gasteiger partial charge in [0.25, 0.3) is 0 Å². The molecule has 0 saturated carbocycles. The predicted molar refractivity (Wildman–Crippen MR) is 144 cm³/mol. The average molecular weight is 570 g/mol. The Morgan fingerprint density at radius 1 is 1.00 bits per heavy atom. The minimum Gasteiger partial charge on any atom is -0.435 e. The molecule has 41 heavy (non-hydrogen) atoms. The van der Waals surface area contributed by atoms with Gasteiger partial charge in [-0.05, 0) is 34.9 Å². The third kappa shape index (κ3) is 6.14. The lowest BCUT2D eigenvalue weighted by Crippen LogP contribution is -2.20. The molecule has 5 aromatic rings. The summed E-state index contributed by atoms with van der Waals surface area (Å²) in [5.41, 5.74) is 0.345. The van der Waals surface area contributed by atoms with E-state index in [0.29, 0.717) is 48.9 Å². The Morgan fingerprint density at radius 3 is 2.51 bits per heavy atom. The molecule has 0 saturated heterocycles. The summed E-state index contributed by atoms with van der Waals surface area (Å²) >= 11 is 0. The van der Waals surface area contributed by atoms with E-state index < -0.39 is 23.1 Å². The molecule has 0 aliphatic heterocycles. The van der Waals surface area contributed by atoms with Crippen LogP contribution in [0.3, 0.4) is 0 Å². The standard InChI is InChI=1S/C29H27F4N5O3/c1-38-17-35-37-27(38)24-20(19-6-4-3-5-7-19)8-9-22(30)25(24)28-36-23-15-18(16-34-10-11-40-13-12-39-2)14-21(26(23)41-28)29(31,32)33/h3-9,14-15,17,34H,10-13,16H2,1-2H3. The zero-order chi connectivity index (χ0) is 29.0. The number of aromatic nitrogens is 4. The van der Waals surface area contributed by atoms with E-state index in [0.717, 1.165) is 11.6 Å². The number of benzene rings is 3. The maximum atomic E-state index is 15.6. The Hall–Kier alpha value is -4.13. The average Bonchev–Trinajstić information content (AvgIpc) is 3.57. The first-order chi connectivity index (χ1) is 19.8. The summed E-state index contributed by atoms with van der Waals surface area (Å²) in [5.74, 6) is -0.720. The highest BCUT2D eigenvalue weighted by Crippen LogP contribution is 2.43. The molecule has 2 heterocycles. The maximum absolute atomic E-state index is 15.6. The van der Waals surface area contributed by atoms with Crippen LogP contribution in [0.2, 0.25) is 0 Å². The van der Waals surface area contributed by atoms with Gasteiger partial charge in [0.1, 0.15) is 23.2 Å². The van der Waals surface area contributed by atoms with Gasteiger partial charge in [-0.2, -0.15) is 13.2 Å². The smallest absolute Gasteiger partial charge is 0.420 e. The fourth-order valence-corrected chi connectivity index (χ4v) is 4.52. The molecule has 0 amide bonds. The summed E-state index contributed by atoms with van der Waals surface area (Å²) in [7, 11) is 3.25. The third-order valence-electron chi connectivity index (χ3n) is 6.43. The fourth-order valence-electron chi connectivity index (χ4n) is 4.52. The van der Waals surface area contributed by atoms with Gasteiger partial charge in [0.15, 0.2) is 11.4 Å². The van der Waals surface area contributed by atoms with E-state index in [-0.39, 0.29) is 23.5 Å². The molecule has 8 nitrogen and oxygen atoms in total. The number of ether oxygens (including phenoxy) is 2. The molecule has 3 aromatic carbocycles. The lowest BCUT2D eigenvalue weighted by Gasteiger charge is -2.14. The van der Waals surface area contributed by atoms with Gasteiger partial charge in [0.05, 0.1) is 25.4 Å². The number of methoxy groups -OCH3 is 1. The summed E-state index contributed by atoms with van der Waals surface area (Å²) in [6.07, 6.45) is -3.28. The first kappa shape index (κ1) is 28.4. The highest BCUT2D eigenvalue weighted by atomic mass is 19.4. The van der Waals surface area contributed by atoms with Crippen molar-refractivity contribution in [3.8, 4) is 34.0 Å². The number of fused-ring (bicyclic) bond motifs is 1. The predicted octanol–water partition coefficient (Wildman–Crippen LogP) is 5.87. The number of nitrogens with one attached hydrogen (secondary N) is 1. The summed E-state index contributed by atoms with van der Waals surface area (Å²) in [5, 5.41) is 11.1. The van der Waals surface area contributed by atoms with Crippen LogP contribution >= 0.6 is 0 Å². The largest absolute Gasteiger partial charge is 0.435 e. The highest BCUT2D eigenvalue weighted by molar-refractivity contribution is 5.92. The lowest BCUT2D eigenvalue weighted by molar-refractivity contribution is -0.136. The number of oxazole rings is 1. The van der Waals surface area contributed by atoms with E-state index in [1.807, 2.05) is 30.3 Å². The van der Waals surface area contributed by atoms with Crippen molar-refractivity contribution < 1.29 is 31.5 Å². The van der Waals surface area contributed by atoms with E-state index in [2.05, 4.69) is 20.5 Å². The number of rotatable bonds is 11. The molecule has 5 rings (SSSR count). The Kier molecular flexibility index (Phi) is 8.43. The fraction of sp³-hybridized carbons (Fsp3) is 0.276. The van der Waals surface area contributed by atoms with Gasteiger partial charge in [0, 0.05) is 32.8 Å². The van der Waals surface area contributed by atoms with Crippen LogP contribution in [0.25, 0.3) is 45.1 Å². The van der Waals surface area contributed by atoms with Gasteiger partial charge in [0.2, 0.25) is 5.89 Å². The molecule has 0 fully saturated rings. The van der Waals surface area contributed by atoms with Crippen LogP contribution in [0.15, 0.2) is 65.3 Å². The van der Waals surface area contributed by atoms with E-state index in [4.69, 9.17) is 13.9 Å². The van der Waals surface area contributed by atoms with Crippen LogP contribution in [0.4, 0.5) is 17.6 Å². The third-order valence-corrected chi connectivity index (χ3v) is 6.43. The van der Waals surface area contributed by atoms with Crippen molar-refractivity contribution >= 4 is 11.1 Å². The van der Waals surface area contributed by atoms with Crippen LogP contribution in [0.5, 0.6) is 0 Å². The number of aryl methyl sites for hydroxylation is 1. The Morgan fingerprint density at radius 2 is 1.80 bits per heavy atom. The highest BCUT2D eigenvalue weighted by Gasteiger charge is 2.36. The minimum absolute atomic E-state index is 0.0450. The Bertz CT molecular complexity index is 1630. The molecule has 1 N–H and O–H groups in total. The number of halogens is 4. The van der Waals surface area contributed by atoms with E-state index in [9.17, 15) is 13.2 Å². The summed E-state index contributed by atoms with van der Waals surface area (Å²) in [4.78, 5) is 4.36. The number of hydrogen-bond donors (Lipinski definition) is 1. The van der Waals surface area contributed by atoms with Crippen LogP contribution in [-0.2, 0) is 29.2 Å². The second-order valence-electron chi connectivity index (χ2n) is 9.27. The molecular formula is C29H27F4N5O3. The van der Waals surface area contributed by atoms with E-state index in [1.165, 1.54) is 18.5 Å². The molecule has 0 bridgehead atoms. The second kappa shape index (κ2) is 12.2. The maximum Gasteiger partial charge on any atom is 0.420 e. The van der Waals surface area contributed by atoms with Crippen molar-refractivity contribution in [3.63, 3.8) is 0 Å². The quantitative estimate of drug-likeness (QED) is 0.157. The summed E-state index contributed by atoms with van der Waals surface area (Å²) in [6, 6.07) is 14.5. The molecule has 0 spiro atoms. The van der Waals surface area contributed by atoms with Gasteiger partial charge >= 0.3 is 6.18 Å². The molecule has 12 heteroatoms. The van der Waals surface area contributed by atoms with Crippen molar-refractivity contribution in [2.45, 2.75) is 12.7 Å². The van der Waals surface area contributed by atoms with Crippen molar-refractivity contribution in [1.82, 2.24) is 25.1 Å². The van der Waals surface area contributed by atoms with Crippen LogP contribution < -0.4 is 5.32 Å². The molecule has 0 radical (unpaired) electrons. The van der Waals surface area contributed by atoms with Gasteiger partial charge < -0.3 is 23.8 Å². The summed E-state index contributed by atoms with van der Waals surface area (Å²) in [6.45, 7) is 1.80.